The lowest BCUT2D eigenvalue weighted by Crippen LogP contribution is -2.27. The molecule has 1 unspecified atom stereocenters. The van der Waals surface area contributed by atoms with Crippen LogP contribution < -0.4 is 5.56 Å². The Hall–Kier alpha value is -3.13. The SMILES string of the molecule is CN(C)C(=O)C(Sc1nnc2n(C)c(=O)c3ccccc3n12)c1ccccc1. The summed E-state index contributed by atoms with van der Waals surface area (Å²) in [6, 6.07) is 16.9. The number of hydrogen-bond donors (Lipinski definition) is 0. The average Bonchev–Trinajstić information content (AvgIpc) is 3.14. The van der Waals surface area contributed by atoms with Crippen molar-refractivity contribution in [3.63, 3.8) is 0 Å². The molecule has 0 saturated carbocycles. The number of aromatic nitrogens is 4. The maximum Gasteiger partial charge on any atom is 0.262 e. The van der Waals surface area contributed by atoms with E-state index in [0.717, 1.165) is 11.1 Å². The van der Waals surface area contributed by atoms with E-state index in [1.54, 1.807) is 32.1 Å². The fourth-order valence-corrected chi connectivity index (χ4v) is 4.31. The summed E-state index contributed by atoms with van der Waals surface area (Å²) in [7, 11) is 5.15. The van der Waals surface area contributed by atoms with Gasteiger partial charge in [0, 0.05) is 21.1 Å². The van der Waals surface area contributed by atoms with Gasteiger partial charge < -0.3 is 4.90 Å². The molecule has 142 valence electrons. The van der Waals surface area contributed by atoms with Gasteiger partial charge in [0.15, 0.2) is 5.16 Å². The summed E-state index contributed by atoms with van der Waals surface area (Å²) in [5, 5.41) is 9.18. The van der Waals surface area contributed by atoms with Gasteiger partial charge in [0.2, 0.25) is 11.7 Å². The van der Waals surface area contributed by atoms with E-state index in [1.807, 2.05) is 52.9 Å². The number of fused-ring (bicyclic) bond motifs is 3. The molecule has 8 heteroatoms. The molecule has 28 heavy (non-hydrogen) atoms. The Morgan fingerprint density at radius 1 is 1.04 bits per heavy atom. The van der Waals surface area contributed by atoms with Crippen LogP contribution in [0.25, 0.3) is 16.7 Å². The maximum atomic E-state index is 12.9. The van der Waals surface area contributed by atoms with Crippen LogP contribution in [0.5, 0.6) is 0 Å². The summed E-state index contributed by atoms with van der Waals surface area (Å²) in [5.41, 5.74) is 1.48. The quantitative estimate of drug-likeness (QED) is 0.498. The predicted octanol–water partition coefficient (Wildman–Crippen LogP) is 2.50. The minimum atomic E-state index is -0.473. The second-order valence-corrected chi connectivity index (χ2v) is 7.71. The lowest BCUT2D eigenvalue weighted by Gasteiger charge is -2.20. The highest BCUT2D eigenvalue weighted by Crippen LogP contribution is 2.36. The van der Waals surface area contributed by atoms with E-state index in [2.05, 4.69) is 10.2 Å². The van der Waals surface area contributed by atoms with Gasteiger partial charge in [-0.15, -0.1) is 10.2 Å². The molecule has 0 aliphatic rings. The Bertz CT molecular complexity index is 1230. The van der Waals surface area contributed by atoms with Gasteiger partial charge in [-0.1, -0.05) is 54.2 Å². The summed E-state index contributed by atoms with van der Waals surface area (Å²) in [6.07, 6.45) is 0. The molecule has 0 fully saturated rings. The first-order chi connectivity index (χ1) is 13.5. The van der Waals surface area contributed by atoms with E-state index in [1.165, 1.54) is 16.3 Å². The molecule has 0 bridgehead atoms. The number of para-hydroxylation sites is 1. The molecule has 2 aromatic heterocycles. The minimum absolute atomic E-state index is 0.0397. The number of thioether (sulfide) groups is 1. The standard InChI is InChI=1S/C20H19N5O2S/c1-23(2)18(27)16(13-9-5-4-6-10-13)28-20-22-21-19-24(3)17(26)14-11-7-8-12-15(14)25(19)20/h4-12,16H,1-3H3. The van der Waals surface area contributed by atoms with Crippen LogP contribution in [-0.2, 0) is 11.8 Å². The molecule has 0 saturated heterocycles. The second-order valence-electron chi connectivity index (χ2n) is 6.64. The van der Waals surface area contributed by atoms with Crippen LogP contribution in [0.15, 0.2) is 64.5 Å². The molecule has 0 radical (unpaired) electrons. The molecule has 4 rings (SSSR count). The zero-order valence-corrected chi connectivity index (χ0v) is 16.6. The normalized spacial score (nSPS) is 12.4. The topological polar surface area (TPSA) is 72.5 Å². The number of carbonyl (C=O) groups excluding carboxylic acids is 1. The zero-order chi connectivity index (χ0) is 19.8. The average molecular weight is 393 g/mol. The van der Waals surface area contributed by atoms with E-state index >= 15 is 0 Å². The van der Waals surface area contributed by atoms with Gasteiger partial charge in [-0.3, -0.25) is 18.6 Å². The molecule has 7 nitrogen and oxygen atoms in total. The van der Waals surface area contributed by atoms with Crippen LogP contribution in [0.1, 0.15) is 10.8 Å². The van der Waals surface area contributed by atoms with Gasteiger partial charge in [-0.25, -0.2) is 0 Å². The van der Waals surface area contributed by atoms with Crippen LogP contribution in [0, 0.1) is 0 Å². The van der Waals surface area contributed by atoms with Crippen molar-refractivity contribution in [3.05, 3.63) is 70.5 Å². The van der Waals surface area contributed by atoms with Crippen molar-refractivity contribution in [2.45, 2.75) is 10.4 Å². The third-order valence-electron chi connectivity index (χ3n) is 4.59. The first-order valence-corrected chi connectivity index (χ1v) is 9.62. The highest BCUT2D eigenvalue weighted by atomic mass is 32.2. The Morgan fingerprint density at radius 2 is 1.71 bits per heavy atom. The molecular weight excluding hydrogens is 374 g/mol. The van der Waals surface area contributed by atoms with Crippen molar-refractivity contribution >= 4 is 34.3 Å². The predicted molar refractivity (Wildman–Crippen MR) is 109 cm³/mol. The number of carbonyl (C=O) groups is 1. The van der Waals surface area contributed by atoms with Crippen LogP contribution in [-0.4, -0.2) is 44.1 Å². The Balaban J connectivity index is 1.91. The number of likely N-dealkylation sites (N-methyl/N-ethyl adjacent to an activating group) is 1. The van der Waals surface area contributed by atoms with Crippen molar-refractivity contribution < 1.29 is 4.79 Å². The fraction of sp³-hybridized carbons (Fsp3) is 0.200. The zero-order valence-electron chi connectivity index (χ0n) is 15.7. The summed E-state index contributed by atoms with van der Waals surface area (Å²) < 4.78 is 3.31. The van der Waals surface area contributed by atoms with Crippen molar-refractivity contribution in [3.8, 4) is 0 Å². The molecule has 2 heterocycles. The monoisotopic (exact) mass is 393 g/mol. The van der Waals surface area contributed by atoms with Crippen molar-refractivity contribution in [2.75, 3.05) is 14.1 Å². The summed E-state index contributed by atoms with van der Waals surface area (Å²) in [4.78, 5) is 27.1. The lowest BCUT2D eigenvalue weighted by atomic mass is 10.1. The van der Waals surface area contributed by atoms with Crippen molar-refractivity contribution in [1.82, 2.24) is 24.1 Å². The molecular formula is C20H19N5O2S. The molecule has 2 aromatic carbocycles. The number of nitrogens with zero attached hydrogens (tertiary/aromatic N) is 5. The maximum absolute atomic E-state index is 12.9. The number of benzene rings is 2. The number of rotatable bonds is 4. The number of hydrogen-bond acceptors (Lipinski definition) is 5. The van der Waals surface area contributed by atoms with Gasteiger partial charge >= 0.3 is 0 Å². The molecule has 1 amide bonds. The van der Waals surface area contributed by atoms with E-state index in [9.17, 15) is 9.59 Å². The highest BCUT2D eigenvalue weighted by molar-refractivity contribution is 8.00. The van der Waals surface area contributed by atoms with Gasteiger partial charge in [0.25, 0.3) is 5.56 Å². The Morgan fingerprint density at radius 3 is 2.43 bits per heavy atom. The largest absolute Gasteiger partial charge is 0.348 e. The second kappa shape index (κ2) is 7.12. The van der Waals surface area contributed by atoms with Crippen LogP contribution in [0.2, 0.25) is 0 Å². The van der Waals surface area contributed by atoms with E-state index in [4.69, 9.17) is 0 Å². The highest BCUT2D eigenvalue weighted by Gasteiger charge is 2.26. The van der Waals surface area contributed by atoms with Crippen LogP contribution in [0.4, 0.5) is 0 Å². The molecule has 0 N–H and O–H groups in total. The first kappa shape index (κ1) is 18.2. The van der Waals surface area contributed by atoms with E-state index in [-0.39, 0.29) is 11.5 Å². The molecule has 0 spiro atoms. The molecule has 0 aliphatic heterocycles. The molecule has 1 atom stereocenters. The van der Waals surface area contributed by atoms with Gasteiger partial charge in [0.05, 0.1) is 10.9 Å². The smallest absolute Gasteiger partial charge is 0.262 e. The fourth-order valence-electron chi connectivity index (χ4n) is 3.12. The Kier molecular flexibility index (Phi) is 4.64. The third kappa shape index (κ3) is 2.95. The third-order valence-corrected chi connectivity index (χ3v) is 5.77. The molecule has 4 aromatic rings. The first-order valence-electron chi connectivity index (χ1n) is 8.74. The lowest BCUT2D eigenvalue weighted by molar-refractivity contribution is -0.128. The van der Waals surface area contributed by atoms with Gasteiger partial charge in [0.1, 0.15) is 5.25 Å². The van der Waals surface area contributed by atoms with Gasteiger partial charge in [-0.2, -0.15) is 0 Å². The van der Waals surface area contributed by atoms with Crippen molar-refractivity contribution in [1.29, 1.82) is 0 Å². The van der Waals surface area contributed by atoms with Crippen LogP contribution >= 0.6 is 11.8 Å². The number of aryl methyl sites for hydroxylation is 1. The summed E-state index contributed by atoms with van der Waals surface area (Å²) in [6.45, 7) is 0. The Labute approximate surface area is 165 Å². The molecule has 0 aliphatic carbocycles. The van der Waals surface area contributed by atoms with Crippen molar-refractivity contribution in [2.24, 2.45) is 7.05 Å². The minimum Gasteiger partial charge on any atom is -0.348 e. The van der Waals surface area contributed by atoms with E-state index < -0.39 is 5.25 Å². The van der Waals surface area contributed by atoms with E-state index in [0.29, 0.717) is 16.3 Å². The summed E-state index contributed by atoms with van der Waals surface area (Å²) >= 11 is 1.33. The van der Waals surface area contributed by atoms with Crippen LogP contribution in [0.3, 0.4) is 0 Å². The number of amides is 1. The van der Waals surface area contributed by atoms with Gasteiger partial charge in [-0.05, 0) is 17.7 Å². The summed E-state index contributed by atoms with van der Waals surface area (Å²) in [5.74, 6) is 0.400.